The van der Waals surface area contributed by atoms with Crippen molar-refractivity contribution in [2.45, 2.75) is 6.18 Å². The molecule has 3 aromatic carbocycles. The molecule has 0 aromatic heterocycles. The minimum Gasteiger partial charge on any atom is -0.343 e. The molecule has 0 saturated carbocycles. The highest BCUT2D eigenvalue weighted by Gasteiger charge is 2.30. The highest BCUT2D eigenvalue weighted by Crippen LogP contribution is 2.30. The molecule has 0 saturated heterocycles. The zero-order valence-corrected chi connectivity index (χ0v) is 16.9. The molecule has 10 heteroatoms. The van der Waals surface area contributed by atoms with Crippen LogP contribution in [0.1, 0.15) is 26.3 Å². The van der Waals surface area contributed by atoms with Crippen LogP contribution in [-0.2, 0) is 11.0 Å². The van der Waals surface area contributed by atoms with Crippen molar-refractivity contribution in [3.05, 3.63) is 95.3 Å². The number of hydrogen-bond donors (Lipinski definition) is 3. The quantitative estimate of drug-likeness (QED) is 0.476. The maximum absolute atomic E-state index is 13.6. The van der Waals surface area contributed by atoms with Crippen LogP contribution in [0.3, 0.4) is 0 Å². The average Bonchev–Trinajstić information content (AvgIpc) is 2.77. The van der Waals surface area contributed by atoms with Gasteiger partial charge in [0.05, 0.1) is 17.7 Å². The van der Waals surface area contributed by atoms with Gasteiger partial charge >= 0.3 is 6.18 Å². The smallest absolute Gasteiger partial charge is 0.343 e. The Morgan fingerprint density at radius 3 is 2.12 bits per heavy atom. The summed E-state index contributed by atoms with van der Waals surface area (Å²) in [5, 5.41) is 7.13. The van der Waals surface area contributed by atoms with Crippen molar-refractivity contribution >= 4 is 29.1 Å². The molecular formula is C23H17F4N3O3. The lowest BCUT2D eigenvalue weighted by Gasteiger charge is -2.11. The van der Waals surface area contributed by atoms with Gasteiger partial charge in [0, 0.05) is 16.9 Å². The highest BCUT2D eigenvalue weighted by atomic mass is 19.4. The number of nitrogens with one attached hydrogen (secondary N) is 3. The molecule has 0 heterocycles. The first-order valence-electron chi connectivity index (χ1n) is 9.55. The molecule has 3 rings (SSSR count). The van der Waals surface area contributed by atoms with Crippen LogP contribution in [-0.4, -0.2) is 24.3 Å². The lowest BCUT2D eigenvalue weighted by Crippen LogP contribution is -2.33. The van der Waals surface area contributed by atoms with Crippen molar-refractivity contribution in [2.24, 2.45) is 0 Å². The van der Waals surface area contributed by atoms with Crippen molar-refractivity contribution in [2.75, 3.05) is 17.2 Å². The van der Waals surface area contributed by atoms with Crippen LogP contribution in [0.2, 0.25) is 0 Å². The Hall–Kier alpha value is -4.21. The predicted molar refractivity (Wildman–Crippen MR) is 113 cm³/mol. The molecule has 0 aliphatic heterocycles. The second kappa shape index (κ2) is 9.94. The Bertz CT molecular complexity index is 1200. The van der Waals surface area contributed by atoms with Gasteiger partial charge in [-0.2, -0.15) is 13.2 Å². The fourth-order valence-corrected chi connectivity index (χ4v) is 2.82. The van der Waals surface area contributed by atoms with E-state index in [-0.39, 0.29) is 22.5 Å². The number of alkyl halides is 3. The fraction of sp³-hybridized carbons (Fsp3) is 0.0870. The lowest BCUT2D eigenvalue weighted by molar-refractivity contribution is -0.137. The summed E-state index contributed by atoms with van der Waals surface area (Å²) in [6, 6.07) is 15.2. The largest absolute Gasteiger partial charge is 0.416 e. The van der Waals surface area contributed by atoms with E-state index in [9.17, 15) is 31.9 Å². The first kappa shape index (κ1) is 23.5. The number of anilines is 2. The summed E-state index contributed by atoms with van der Waals surface area (Å²) in [6.45, 7) is -0.451. The number of hydrogen-bond acceptors (Lipinski definition) is 3. The molecule has 0 aliphatic rings. The molecule has 0 aliphatic carbocycles. The van der Waals surface area contributed by atoms with Gasteiger partial charge in [-0.1, -0.05) is 24.3 Å². The van der Waals surface area contributed by atoms with Crippen molar-refractivity contribution in [3.63, 3.8) is 0 Å². The number of carbonyl (C=O) groups is 3. The van der Waals surface area contributed by atoms with Crippen molar-refractivity contribution in [1.82, 2.24) is 5.32 Å². The second-order valence-corrected chi connectivity index (χ2v) is 6.82. The van der Waals surface area contributed by atoms with Crippen LogP contribution in [0.4, 0.5) is 28.9 Å². The van der Waals surface area contributed by atoms with Crippen molar-refractivity contribution < 1.29 is 31.9 Å². The third-order valence-electron chi connectivity index (χ3n) is 4.38. The average molecular weight is 459 g/mol. The molecule has 0 bridgehead atoms. The van der Waals surface area contributed by atoms with Crippen LogP contribution < -0.4 is 16.0 Å². The van der Waals surface area contributed by atoms with E-state index in [0.717, 1.165) is 18.2 Å². The zero-order valence-electron chi connectivity index (χ0n) is 16.9. The van der Waals surface area contributed by atoms with E-state index in [1.54, 1.807) is 0 Å². The minimum atomic E-state index is -4.55. The molecule has 0 radical (unpaired) electrons. The molecule has 0 fully saturated rings. The minimum absolute atomic E-state index is 0.0416. The molecule has 170 valence electrons. The summed E-state index contributed by atoms with van der Waals surface area (Å²) in [5.41, 5.74) is -0.852. The zero-order chi connectivity index (χ0) is 24.0. The van der Waals surface area contributed by atoms with Crippen LogP contribution in [0, 0.1) is 5.82 Å². The normalized spacial score (nSPS) is 10.9. The van der Waals surface area contributed by atoms with Crippen LogP contribution in [0.15, 0.2) is 72.8 Å². The summed E-state index contributed by atoms with van der Waals surface area (Å²) in [4.78, 5) is 36.5. The van der Waals surface area contributed by atoms with Gasteiger partial charge in [-0.3, -0.25) is 14.4 Å². The van der Waals surface area contributed by atoms with Gasteiger partial charge in [0.25, 0.3) is 11.8 Å². The molecule has 3 amide bonds. The predicted octanol–water partition coefficient (Wildman–Crippen LogP) is 4.47. The van der Waals surface area contributed by atoms with E-state index in [1.807, 2.05) is 0 Å². The molecular weight excluding hydrogens is 442 g/mol. The number of rotatable bonds is 6. The number of halogens is 4. The fourth-order valence-electron chi connectivity index (χ4n) is 2.82. The monoisotopic (exact) mass is 459 g/mol. The summed E-state index contributed by atoms with van der Waals surface area (Å²) >= 11 is 0. The van der Waals surface area contributed by atoms with E-state index in [2.05, 4.69) is 16.0 Å². The SMILES string of the molecule is O=C(CNC(=O)c1ccccc1F)Nc1cccc(C(=O)Nc2cccc(C(F)(F)F)c2)c1. The Labute approximate surface area is 185 Å². The van der Waals surface area contributed by atoms with E-state index in [1.165, 1.54) is 54.6 Å². The van der Waals surface area contributed by atoms with E-state index < -0.39 is 41.8 Å². The Morgan fingerprint density at radius 2 is 1.42 bits per heavy atom. The van der Waals surface area contributed by atoms with Gasteiger partial charge in [0.1, 0.15) is 5.82 Å². The van der Waals surface area contributed by atoms with E-state index >= 15 is 0 Å². The van der Waals surface area contributed by atoms with E-state index in [4.69, 9.17) is 0 Å². The van der Waals surface area contributed by atoms with Crippen LogP contribution >= 0.6 is 0 Å². The van der Waals surface area contributed by atoms with Gasteiger partial charge in [-0.15, -0.1) is 0 Å². The summed E-state index contributed by atoms with van der Waals surface area (Å²) in [5.74, 6) is -2.80. The number of amides is 3. The van der Waals surface area contributed by atoms with E-state index in [0.29, 0.717) is 0 Å². The van der Waals surface area contributed by atoms with Crippen molar-refractivity contribution in [1.29, 1.82) is 0 Å². The number of carbonyl (C=O) groups excluding carboxylic acids is 3. The Kier molecular flexibility index (Phi) is 7.07. The second-order valence-electron chi connectivity index (χ2n) is 6.82. The maximum Gasteiger partial charge on any atom is 0.416 e. The van der Waals surface area contributed by atoms with Crippen LogP contribution in [0.5, 0.6) is 0 Å². The number of benzene rings is 3. The molecule has 3 aromatic rings. The molecule has 0 atom stereocenters. The molecule has 6 nitrogen and oxygen atoms in total. The van der Waals surface area contributed by atoms with Gasteiger partial charge in [-0.25, -0.2) is 4.39 Å². The highest BCUT2D eigenvalue weighted by molar-refractivity contribution is 6.05. The Balaban J connectivity index is 1.60. The van der Waals surface area contributed by atoms with Gasteiger partial charge in [0.15, 0.2) is 0 Å². The molecule has 0 unspecified atom stereocenters. The topological polar surface area (TPSA) is 87.3 Å². The van der Waals surface area contributed by atoms with Crippen molar-refractivity contribution in [3.8, 4) is 0 Å². The Morgan fingerprint density at radius 1 is 0.758 bits per heavy atom. The molecule has 3 N–H and O–H groups in total. The standard InChI is InChI=1S/C23H17F4N3O3/c24-19-10-2-1-9-18(19)22(33)28-13-20(31)29-16-7-3-5-14(11-16)21(32)30-17-8-4-6-15(12-17)23(25,26)27/h1-12H,13H2,(H,28,33)(H,29,31)(H,30,32). The third kappa shape index (κ3) is 6.39. The molecule has 33 heavy (non-hydrogen) atoms. The third-order valence-corrected chi connectivity index (χ3v) is 4.38. The first-order valence-corrected chi connectivity index (χ1v) is 9.55. The maximum atomic E-state index is 13.6. The lowest BCUT2D eigenvalue weighted by atomic mass is 10.1. The summed E-state index contributed by atoms with van der Waals surface area (Å²) in [6.07, 6.45) is -4.55. The first-order chi connectivity index (χ1) is 15.6. The summed E-state index contributed by atoms with van der Waals surface area (Å²) < 4.78 is 52.1. The van der Waals surface area contributed by atoms with Gasteiger partial charge in [-0.05, 0) is 48.5 Å². The van der Waals surface area contributed by atoms with Crippen LogP contribution in [0.25, 0.3) is 0 Å². The summed E-state index contributed by atoms with van der Waals surface area (Å²) in [7, 11) is 0. The van der Waals surface area contributed by atoms with Gasteiger partial charge in [0.2, 0.25) is 5.91 Å². The van der Waals surface area contributed by atoms with Gasteiger partial charge < -0.3 is 16.0 Å². The molecule has 0 spiro atoms.